The molecule has 1 atom stereocenters. The van der Waals surface area contributed by atoms with Gasteiger partial charge in [-0.3, -0.25) is 19.7 Å². The molecule has 6 amide bonds. The van der Waals surface area contributed by atoms with Gasteiger partial charge in [0.15, 0.2) is 0 Å². The summed E-state index contributed by atoms with van der Waals surface area (Å²) < 4.78 is 11.4. The van der Waals surface area contributed by atoms with Crippen LogP contribution in [0.25, 0.3) is 0 Å². The molecule has 12 nitrogen and oxygen atoms in total. The van der Waals surface area contributed by atoms with Crippen molar-refractivity contribution in [3.8, 4) is 0 Å². The highest BCUT2D eigenvalue weighted by atomic mass is 16.5. The van der Waals surface area contributed by atoms with Gasteiger partial charge in [0.1, 0.15) is 12.6 Å². The van der Waals surface area contributed by atoms with Gasteiger partial charge in [-0.15, -0.1) is 0 Å². The summed E-state index contributed by atoms with van der Waals surface area (Å²) in [7, 11) is 0. The van der Waals surface area contributed by atoms with Crippen molar-refractivity contribution in [1.82, 2.24) is 26.2 Å². The Hall–Kier alpha value is -4.45. The van der Waals surface area contributed by atoms with Crippen LogP contribution in [0.4, 0.5) is 9.59 Å². The number of hydrogen-bond donors (Lipinski definition) is 4. The van der Waals surface area contributed by atoms with Crippen molar-refractivity contribution in [2.24, 2.45) is 0 Å². The van der Waals surface area contributed by atoms with Gasteiger partial charge >= 0.3 is 12.1 Å². The molecule has 1 saturated carbocycles. The van der Waals surface area contributed by atoms with Gasteiger partial charge in [0.25, 0.3) is 5.91 Å². The van der Waals surface area contributed by atoms with Crippen LogP contribution >= 0.6 is 0 Å². The average Bonchev–Trinajstić information content (AvgIpc) is 3.33. The second kappa shape index (κ2) is 14.3. The number of ether oxygens (including phenoxy) is 2. The molecule has 246 valence electrons. The van der Waals surface area contributed by atoms with E-state index in [0.717, 1.165) is 47.9 Å². The Balaban J connectivity index is 0.987. The predicted octanol–water partition coefficient (Wildman–Crippen LogP) is 3.80. The summed E-state index contributed by atoms with van der Waals surface area (Å²) in [5.74, 6) is -0.971. The van der Waals surface area contributed by atoms with Gasteiger partial charge in [-0.2, -0.15) is 0 Å². The smallest absolute Gasteiger partial charge is 0.407 e. The Morgan fingerprint density at radius 2 is 1.59 bits per heavy atom. The molecule has 46 heavy (non-hydrogen) atoms. The average molecular weight is 634 g/mol. The quantitative estimate of drug-likeness (QED) is 0.306. The van der Waals surface area contributed by atoms with Crippen molar-refractivity contribution in [2.45, 2.75) is 109 Å². The van der Waals surface area contributed by atoms with Crippen LogP contribution in [0.5, 0.6) is 0 Å². The molecule has 3 aliphatic rings. The van der Waals surface area contributed by atoms with E-state index in [9.17, 15) is 24.0 Å². The van der Waals surface area contributed by atoms with Crippen molar-refractivity contribution in [3.63, 3.8) is 0 Å². The normalized spacial score (nSPS) is 21.3. The van der Waals surface area contributed by atoms with Gasteiger partial charge in [-0.05, 0) is 81.2 Å². The fourth-order valence-electron chi connectivity index (χ4n) is 5.97. The summed E-state index contributed by atoms with van der Waals surface area (Å²) in [5, 5.41) is 11.1. The van der Waals surface area contributed by atoms with Gasteiger partial charge in [0.05, 0.1) is 12.7 Å². The number of hydrogen-bond acceptors (Lipinski definition) is 7. The van der Waals surface area contributed by atoms with E-state index in [1.165, 1.54) is 4.90 Å². The minimum absolute atomic E-state index is 0.0642. The van der Waals surface area contributed by atoms with Crippen molar-refractivity contribution < 1.29 is 33.4 Å². The molecular formula is C34H43N5O7. The molecule has 2 aromatic carbocycles. The highest BCUT2D eigenvalue weighted by Gasteiger charge is 2.39. The lowest BCUT2D eigenvalue weighted by molar-refractivity contribution is -0.136. The zero-order chi connectivity index (χ0) is 32.8. The number of benzene rings is 2. The van der Waals surface area contributed by atoms with Crippen LogP contribution in [0.1, 0.15) is 91.9 Å². The number of nitrogens with one attached hydrogen (secondary N) is 4. The van der Waals surface area contributed by atoms with Crippen LogP contribution in [-0.4, -0.2) is 58.5 Å². The van der Waals surface area contributed by atoms with Gasteiger partial charge in [-0.25, -0.2) is 9.59 Å². The van der Waals surface area contributed by atoms with Crippen molar-refractivity contribution >= 4 is 29.8 Å². The van der Waals surface area contributed by atoms with E-state index >= 15 is 0 Å². The van der Waals surface area contributed by atoms with Crippen LogP contribution in [0.3, 0.4) is 0 Å². The van der Waals surface area contributed by atoms with Crippen molar-refractivity contribution in [1.29, 1.82) is 0 Å². The Morgan fingerprint density at radius 1 is 0.913 bits per heavy atom. The number of rotatable bonds is 9. The molecule has 1 aliphatic carbocycles. The molecule has 1 saturated heterocycles. The summed E-state index contributed by atoms with van der Waals surface area (Å²) in [6.45, 7) is 6.99. The number of piperidine rings is 1. The predicted molar refractivity (Wildman–Crippen MR) is 168 cm³/mol. The minimum atomic E-state index is -0.655. The number of carbonyl (C=O) groups excluding carboxylic acids is 5. The Kier molecular flexibility index (Phi) is 10.3. The summed E-state index contributed by atoms with van der Waals surface area (Å²) in [5.41, 5.74) is 3.80. The molecule has 4 N–H and O–H groups in total. The van der Waals surface area contributed by atoms with Gasteiger partial charge < -0.3 is 30.3 Å². The fourth-order valence-corrected chi connectivity index (χ4v) is 5.97. The summed E-state index contributed by atoms with van der Waals surface area (Å²) in [6, 6.07) is 12.4. The number of nitrogens with zero attached hydrogens (tertiary/aromatic N) is 1. The van der Waals surface area contributed by atoms with E-state index in [-0.39, 0.29) is 48.6 Å². The molecule has 12 heteroatoms. The second-order valence-electron chi connectivity index (χ2n) is 13.3. The maximum Gasteiger partial charge on any atom is 0.407 e. The first-order chi connectivity index (χ1) is 21.9. The highest BCUT2D eigenvalue weighted by molar-refractivity contribution is 6.05. The Bertz CT molecular complexity index is 1460. The van der Waals surface area contributed by atoms with E-state index in [1.807, 2.05) is 51.1 Å². The number of fused-ring (bicyclic) bond motifs is 1. The van der Waals surface area contributed by atoms with Gasteiger partial charge in [0, 0.05) is 36.7 Å². The second-order valence-corrected chi connectivity index (χ2v) is 13.3. The zero-order valence-electron chi connectivity index (χ0n) is 26.6. The van der Waals surface area contributed by atoms with Crippen LogP contribution in [0, 0.1) is 0 Å². The third-order valence-electron chi connectivity index (χ3n) is 8.41. The fraction of sp³-hybridized carbons (Fsp3) is 0.500. The zero-order valence-corrected chi connectivity index (χ0v) is 26.6. The molecule has 2 aromatic rings. The van der Waals surface area contributed by atoms with Gasteiger partial charge in [-0.1, -0.05) is 36.4 Å². The number of urea groups is 1. The maximum absolute atomic E-state index is 12.9. The first kappa shape index (κ1) is 32.9. The first-order valence-corrected chi connectivity index (χ1v) is 15.9. The standard InChI is InChI=1S/C34H43N5O7/c1-34(2,3)38-33(44)46-20-22-6-4-21(5-7-22)19-45-26-11-9-25(10-12-26)36-32(43)35-17-23-8-13-27-24(16-23)18-39(31(27)42)28-14-15-29(40)37-30(28)41/h4-8,13,16,25-26,28H,9-12,14-15,17-20H2,1-3H3,(H,38,44)(H2,35,36,43)(H,37,40,41). The summed E-state index contributed by atoms with van der Waals surface area (Å²) >= 11 is 0. The number of carbonyl (C=O) groups is 5. The molecule has 0 aromatic heterocycles. The maximum atomic E-state index is 12.9. The Labute approximate surface area is 268 Å². The number of amides is 6. The molecular weight excluding hydrogens is 590 g/mol. The van der Waals surface area contributed by atoms with E-state index < -0.39 is 18.0 Å². The molecule has 0 spiro atoms. The molecule has 2 fully saturated rings. The first-order valence-electron chi connectivity index (χ1n) is 15.9. The number of imide groups is 1. The lowest BCUT2D eigenvalue weighted by atomic mass is 9.93. The highest BCUT2D eigenvalue weighted by Crippen LogP contribution is 2.28. The number of alkyl carbamates (subject to hydrolysis) is 1. The third kappa shape index (κ3) is 8.84. The largest absolute Gasteiger partial charge is 0.445 e. The topological polar surface area (TPSA) is 155 Å². The van der Waals surface area contributed by atoms with Crippen molar-refractivity contribution in [3.05, 3.63) is 70.3 Å². The molecule has 1 unspecified atom stereocenters. The minimum Gasteiger partial charge on any atom is -0.445 e. The summed E-state index contributed by atoms with van der Waals surface area (Å²) in [4.78, 5) is 62.7. The lowest BCUT2D eigenvalue weighted by Gasteiger charge is -2.29. The van der Waals surface area contributed by atoms with Crippen molar-refractivity contribution in [2.75, 3.05) is 0 Å². The monoisotopic (exact) mass is 633 g/mol. The Morgan fingerprint density at radius 3 is 2.26 bits per heavy atom. The van der Waals surface area contributed by atoms with E-state index in [1.54, 1.807) is 12.1 Å². The molecule has 5 rings (SSSR count). The van der Waals surface area contributed by atoms with Crippen LogP contribution in [-0.2, 0) is 45.4 Å². The summed E-state index contributed by atoms with van der Waals surface area (Å²) in [6.07, 6.45) is 3.55. The molecule has 0 radical (unpaired) electrons. The molecule has 2 heterocycles. The van der Waals surface area contributed by atoms with Crippen LogP contribution in [0.15, 0.2) is 42.5 Å². The SMILES string of the molecule is CC(C)(C)NC(=O)OCc1ccc(COC2CCC(NC(=O)NCc3ccc4c(c3)CN(C3CCC(=O)NC3=O)C4=O)CC2)cc1. The van der Waals surface area contributed by atoms with E-state index in [4.69, 9.17) is 9.47 Å². The van der Waals surface area contributed by atoms with Crippen LogP contribution < -0.4 is 21.3 Å². The van der Waals surface area contributed by atoms with E-state index in [2.05, 4.69) is 21.3 Å². The van der Waals surface area contributed by atoms with Crippen LogP contribution in [0.2, 0.25) is 0 Å². The molecule has 2 aliphatic heterocycles. The third-order valence-corrected chi connectivity index (χ3v) is 8.41. The van der Waals surface area contributed by atoms with Gasteiger partial charge in [0.2, 0.25) is 11.8 Å². The molecule has 0 bridgehead atoms. The lowest BCUT2D eigenvalue weighted by Crippen LogP contribution is -2.52. The van der Waals surface area contributed by atoms with E-state index in [0.29, 0.717) is 31.7 Å².